The Hall–Kier alpha value is -1.29. The Labute approximate surface area is 113 Å². The molecule has 104 valence electrons. The predicted molar refractivity (Wildman–Crippen MR) is 70.9 cm³/mol. The number of likely N-dealkylation sites (tertiary alicyclic amines) is 1. The second-order valence-electron chi connectivity index (χ2n) is 6.18. The molecule has 1 aromatic heterocycles. The fourth-order valence-electron chi connectivity index (χ4n) is 3.30. The number of aliphatic hydroxyl groups is 1. The van der Waals surface area contributed by atoms with Gasteiger partial charge in [0, 0.05) is 12.5 Å². The molecule has 2 atom stereocenters. The van der Waals surface area contributed by atoms with Gasteiger partial charge in [-0.1, -0.05) is 6.92 Å². The summed E-state index contributed by atoms with van der Waals surface area (Å²) in [7, 11) is 0. The van der Waals surface area contributed by atoms with E-state index < -0.39 is 5.60 Å². The van der Waals surface area contributed by atoms with Gasteiger partial charge in [0.1, 0.15) is 11.5 Å². The molecule has 1 saturated carbocycles. The SMILES string of the molecule is Cc1cc(C(=O)N2CC(C)C(O)(C3CC3)C2)c(C)o1. The molecular weight excluding hydrogens is 242 g/mol. The molecule has 1 aliphatic carbocycles. The van der Waals surface area contributed by atoms with E-state index in [0.717, 1.165) is 18.6 Å². The highest BCUT2D eigenvalue weighted by molar-refractivity contribution is 5.95. The maximum Gasteiger partial charge on any atom is 0.257 e. The maximum atomic E-state index is 12.5. The van der Waals surface area contributed by atoms with E-state index in [0.29, 0.717) is 30.3 Å². The molecule has 3 rings (SSSR count). The first kappa shape index (κ1) is 12.7. The molecule has 19 heavy (non-hydrogen) atoms. The summed E-state index contributed by atoms with van der Waals surface area (Å²) in [4.78, 5) is 14.3. The number of carbonyl (C=O) groups is 1. The summed E-state index contributed by atoms with van der Waals surface area (Å²) in [5.41, 5.74) is -0.0488. The first-order valence-corrected chi connectivity index (χ1v) is 7.00. The second-order valence-corrected chi connectivity index (χ2v) is 6.18. The first-order chi connectivity index (χ1) is 8.91. The van der Waals surface area contributed by atoms with Crippen LogP contribution in [0.1, 0.15) is 41.6 Å². The Balaban J connectivity index is 1.80. The Kier molecular flexibility index (Phi) is 2.75. The van der Waals surface area contributed by atoms with Crippen molar-refractivity contribution >= 4 is 5.91 Å². The van der Waals surface area contributed by atoms with Crippen molar-refractivity contribution in [1.82, 2.24) is 4.90 Å². The molecular formula is C15H21NO3. The number of nitrogens with zero attached hydrogens (tertiary/aromatic N) is 1. The van der Waals surface area contributed by atoms with E-state index in [1.807, 2.05) is 20.8 Å². The number of furan rings is 1. The zero-order valence-electron chi connectivity index (χ0n) is 11.8. The lowest BCUT2D eigenvalue weighted by Crippen LogP contribution is -2.40. The average Bonchev–Trinajstić information content (AvgIpc) is 3.08. The minimum atomic E-state index is -0.678. The van der Waals surface area contributed by atoms with Gasteiger partial charge >= 0.3 is 0 Å². The van der Waals surface area contributed by atoms with Crippen LogP contribution in [-0.4, -0.2) is 34.6 Å². The Bertz CT molecular complexity index is 517. The highest BCUT2D eigenvalue weighted by Gasteiger charge is 2.53. The number of rotatable bonds is 2. The minimum Gasteiger partial charge on any atom is -0.466 e. The standard InChI is InChI=1S/C15H21NO3/c1-9-7-16(8-15(9,18)12-4-5-12)14(17)13-6-10(2)19-11(13)3/h6,9,12,18H,4-5,7-8H2,1-3H3. The molecule has 1 saturated heterocycles. The smallest absolute Gasteiger partial charge is 0.257 e. The summed E-state index contributed by atoms with van der Waals surface area (Å²) in [6.45, 7) is 6.79. The molecule has 4 nitrogen and oxygen atoms in total. The van der Waals surface area contributed by atoms with Crippen LogP contribution in [0.25, 0.3) is 0 Å². The van der Waals surface area contributed by atoms with Crippen LogP contribution in [-0.2, 0) is 0 Å². The van der Waals surface area contributed by atoms with E-state index in [4.69, 9.17) is 4.42 Å². The van der Waals surface area contributed by atoms with Crippen molar-refractivity contribution in [2.24, 2.45) is 11.8 Å². The lowest BCUT2D eigenvalue weighted by Gasteiger charge is -2.26. The van der Waals surface area contributed by atoms with Crippen molar-refractivity contribution in [1.29, 1.82) is 0 Å². The van der Waals surface area contributed by atoms with Crippen LogP contribution in [0.5, 0.6) is 0 Å². The van der Waals surface area contributed by atoms with E-state index in [9.17, 15) is 9.90 Å². The van der Waals surface area contributed by atoms with Crippen LogP contribution in [0.3, 0.4) is 0 Å². The highest BCUT2D eigenvalue weighted by atomic mass is 16.3. The number of amides is 1. The number of β-amino-alcohol motifs (C(OH)–C–C–N with tert-alkyl or cyclic N) is 1. The van der Waals surface area contributed by atoms with Gasteiger partial charge in [0.25, 0.3) is 5.91 Å². The van der Waals surface area contributed by atoms with E-state index in [1.54, 1.807) is 11.0 Å². The van der Waals surface area contributed by atoms with Gasteiger partial charge in [-0.25, -0.2) is 0 Å². The van der Waals surface area contributed by atoms with Crippen molar-refractivity contribution in [3.05, 3.63) is 23.2 Å². The average molecular weight is 263 g/mol. The Morgan fingerprint density at radius 3 is 2.68 bits per heavy atom. The molecule has 0 aromatic carbocycles. The third-order valence-corrected chi connectivity index (χ3v) is 4.63. The zero-order chi connectivity index (χ0) is 13.8. The molecule has 2 fully saturated rings. The second kappa shape index (κ2) is 4.10. The van der Waals surface area contributed by atoms with Crippen LogP contribution in [0.2, 0.25) is 0 Å². The van der Waals surface area contributed by atoms with Gasteiger partial charge in [0.15, 0.2) is 0 Å². The van der Waals surface area contributed by atoms with E-state index >= 15 is 0 Å². The third-order valence-electron chi connectivity index (χ3n) is 4.63. The van der Waals surface area contributed by atoms with Gasteiger partial charge in [0.2, 0.25) is 0 Å². The molecule has 4 heteroatoms. The molecule has 0 radical (unpaired) electrons. The van der Waals surface area contributed by atoms with Crippen LogP contribution in [0.15, 0.2) is 10.5 Å². The van der Waals surface area contributed by atoms with Gasteiger partial charge in [-0.3, -0.25) is 4.79 Å². The van der Waals surface area contributed by atoms with Gasteiger partial charge in [0.05, 0.1) is 17.7 Å². The van der Waals surface area contributed by atoms with Crippen LogP contribution in [0.4, 0.5) is 0 Å². The molecule has 1 N–H and O–H groups in total. The Morgan fingerprint density at radius 1 is 1.47 bits per heavy atom. The topological polar surface area (TPSA) is 53.7 Å². The lowest BCUT2D eigenvalue weighted by molar-refractivity contribution is -0.00365. The quantitative estimate of drug-likeness (QED) is 0.889. The molecule has 2 aliphatic rings. The molecule has 0 bridgehead atoms. The van der Waals surface area contributed by atoms with Crippen LogP contribution in [0, 0.1) is 25.7 Å². The predicted octanol–water partition coefficient (Wildman–Crippen LogP) is 2.13. The largest absolute Gasteiger partial charge is 0.466 e. The lowest BCUT2D eigenvalue weighted by atomic mass is 9.88. The summed E-state index contributed by atoms with van der Waals surface area (Å²) < 4.78 is 5.42. The van der Waals surface area contributed by atoms with Gasteiger partial charge in [-0.05, 0) is 38.7 Å². The summed E-state index contributed by atoms with van der Waals surface area (Å²) in [5, 5.41) is 10.7. The molecule has 2 heterocycles. The number of hydrogen-bond donors (Lipinski definition) is 1. The number of carbonyl (C=O) groups excluding carboxylic acids is 1. The molecule has 2 unspecified atom stereocenters. The highest BCUT2D eigenvalue weighted by Crippen LogP contribution is 2.47. The van der Waals surface area contributed by atoms with Gasteiger partial charge in [-0.2, -0.15) is 0 Å². The van der Waals surface area contributed by atoms with Crippen LogP contribution >= 0.6 is 0 Å². The van der Waals surface area contributed by atoms with Crippen molar-refractivity contribution in [2.45, 2.75) is 39.2 Å². The normalized spacial score (nSPS) is 30.9. The summed E-state index contributed by atoms with van der Waals surface area (Å²) in [6, 6.07) is 1.79. The zero-order valence-corrected chi connectivity index (χ0v) is 11.8. The first-order valence-electron chi connectivity index (χ1n) is 7.00. The van der Waals surface area contributed by atoms with Gasteiger partial charge in [-0.15, -0.1) is 0 Å². The summed E-state index contributed by atoms with van der Waals surface area (Å²) >= 11 is 0. The van der Waals surface area contributed by atoms with Crippen molar-refractivity contribution in [3.63, 3.8) is 0 Å². The Morgan fingerprint density at radius 2 is 2.16 bits per heavy atom. The van der Waals surface area contributed by atoms with Crippen molar-refractivity contribution in [3.8, 4) is 0 Å². The van der Waals surface area contributed by atoms with Crippen molar-refractivity contribution < 1.29 is 14.3 Å². The molecule has 1 amide bonds. The summed E-state index contributed by atoms with van der Waals surface area (Å²) in [6.07, 6.45) is 2.18. The fourth-order valence-corrected chi connectivity index (χ4v) is 3.30. The molecule has 1 aliphatic heterocycles. The fraction of sp³-hybridized carbons (Fsp3) is 0.667. The molecule has 1 aromatic rings. The van der Waals surface area contributed by atoms with Crippen LogP contribution < -0.4 is 0 Å². The maximum absolute atomic E-state index is 12.5. The van der Waals surface area contributed by atoms with E-state index in [1.165, 1.54) is 0 Å². The molecule has 0 spiro atoms. The van der Waals surface area contributed by atoms with Gasteiger partial charge < -0.3 is 14.4 Å². The summed E-state index contributed by atoms with van der Waals surface area (Å²) in [5.74, 6) is 1.94. The van der Waals surface area contributed by atoms with Crippen molar-refractivity contribution in [2.75, 3.05) is 13.1 Å². The monoisotopic (exact) mass is 263 g/mol. The number of hydrogen-bond acceptors (Lipinski definition) is 3. The number of aryl methyl sites for hydroxylation is 2. The van der Waals surface area contributed by atoms with E-state index in [-0.39, 0.29) is 11.8 Å². The third kappa shape index (κ3) is 1.98. The minimum absolute atomic E-state index is 0.0159. The van der Waals surface area contributed by atoms with E-state index in [2.05, 4.69) is 0 Å².